The third-order valence-electron chi connectivity index (χ3n) is 7.44. The van der Waals surface area contributed by atoms with E-state index in [0.717, 1.165) is 25.8 Å². The first-order valence-electron chi connectivity index (χ1n) is 13.4. The van der Waals surface area contributed by atoms with Crippen LogP contribution in [0, 0.1) is 11.3 Å². The minimum absolute atomic E-state index is 0.0343. The summed E-state index contributed by atoms with van der Waals surface area (Å²) in [6, 6.07) is -0.963. The summed E-state index contributed by atoms with van der Waals surface area (Å²) in [4.78, 5) is 29.8. The summed E-state index contributed by atoms with van der Waals surface area (Å²) in [6.45, 7) is 2.81. The highest BCUT2D eigenvalue weighted by atomic mass is 19.4. The summed E-state index contributed by atoms with van der Waals surface area (Å²) in [6.07, 6.45) is 7.19. The van der Waals surface area contributed by atoms with E-state index in [4.69, 9.17) is 10.1 Å². The monoisotopic (exact) mass is 552 g/mol. The van der Waals surface area contributed by atoms with Crippen LogP contribution in [0.5, 0.6) is 0 Å². The first-order valence-corrected chi connectivity index (χ1v) is 13.4. The number of nitrogens with one attached hydrogen (secondary N) is 2. The number of ether oxygens (including phenoxy) is 2. The maximum absolute atomic E-state index is 13.7. The zero-order chi connectivity index (χ0) is 28.2. The van der Waals surface area contributed by atoms with Gasteiger partial charge in [0.25, 0.3) is 0 Å². The summed E-state index contributed by atoms with van der Waals surface area (Å²) < 4.78 is 46.8. The molecule has 4 rings (SSSR count). The number of hydrogen-bond donors (Lipinski definition) is 3. The fraction of sp³-hybridized carbons (Fsp3) is 0.593. The molecule has 5 atom stereocenters. The van der Waals surface area contributed by atoms with Crippen molar-refractivity contribution in [2.24, 2.45) is 5.92 Å². The third-order valence-corrected chi connectivity index (χ3v) is 7.44. The molecule has 2 heterocycles. The molecule has 5 unspecified atom stereocenters. The molecule has 0 aromatic rings. The number of aliphatic hydroxyl groups is 1. The standard InChI is InChI=1S/C27H35F3N4O5/c1-2-38-26(37)23(31)21-14-16-34(19-10-8-18(9-11-19)33-15-4-3-5-22(33)35)25(36)24(21)32-17-6-12-20(13-7-17)39-27(28,29)30/h6-8,10-12,18,20-22,24,31-32,35H,2-5,9,13-16H2,1H3. The van der Waals surface area contributed by atoms with Crippen LogP contribution in [0.4, 0.5) is 13.2 Å². The third kappa shape index (κ3) is 7.17. The second-order valence-corrected chi connectivity index (χ2v) is 10.0. The molecule has 2 aliphatic carbocycles. The van der Waals surface area contributed by atoms with E-state index in [1.807, 2.05) is 18.2 Å². The fourth-order valence-corrected chi connectivity index (χ4v) is 5.49. The average molecular weight is 553 g/mol. The van der Waals surface area contributed by atoms with Crippen LogP contribution in [-0.4, -0.2) is 83.0 Å². The Labute approximate surface area is 225 Å². The first kappa shape index (κ1) is 29.0. The quantitative estimate of drug-likeness (QED) is 0.313. The SMILES string of the molecule is CCOC(=O)C(=N)C1CCN(C2=CCC(N3CCCCC3O)C=C2)C(=O)C1NC1=CCC(OC(F)(F)F)C=C1. The van der Waals surface area contributed by atoms with Gasteiger partial charge in [0.2, 0.25) is 5.91 Å². The molecule has 2 aliphatic heterocycles. The van der Waals surface area contributed by atoms with Gasteiger partial charge in [0.05, 0.1) is 12.7 Å². The summed E-state index contributed by atoms with van der Waals surface area (Å²) in [5, 5.41) is 21.8. The van der Waals surface area contributed by atoms with Crippen LogP contribution in [0.25, 0.3) is 0 Å². The molecule has 0 radical (unpaired) electrons. The van der Waals surface area contributed by atoms with Crippen LogP contribution in [0.3, 0.4) is 0 Å². The topological polar surface area (TPSA) is 115 Å². The molecular weight excluding hydrogens is 517 g/mol. The molecule has 0 bridgehead atoms. The summed E-state index contributed by atoms with van der Waals surface area (Å²) in [5.41, 5.74) is 0.780. The molecule has 4 aliphatic rings. The lowest BCUT2D eigenvalue weighted by atomic mass is 9.85. The highest BCUT2D eigenvalue weighted by Crippen LogP contribution is 2.30. The first-order chi connectivity index (χ1) is 18.6. The molecule has 214 valence electrons. The Morgan fingerprint density at radius 2 is 1.95 bits per heavy atom. The van der Waals surface area contributed by atoms with E-state index in [0.29, 0.717) is 24.2 Å². The highest BCUT2D eigenvalue weighted by molar-refractivity contribution is 6.36. The van der Waals surface area contributed by atoms with Gasteiger partial charge in [0, 0.05) is 36.4 Å². The van der Waals surface area contributed by atoms with E-state index in [-0.39, 0.29) is 37.2 Å². The second-order valence-electron chi connectivity index (χ2n) is 10.0. The Morgan fingerprint density at radius 3 is 2.56 bits per heavy atom. The highest BCUT2D eigenvalue weighted by Gasteiger charge is 2.43. The molecule has 12 heteroatoms. The van der Waals surface area contributed by atoms with Crippen LogP contribution < -0.4 is 5.32 Å². The minimum Gasteiger partial charge on any atom is -0.462 e. The van der Waals surface area contributed by atoms with E-state index >= 15 is 0 Å². The minimum atomic E-state index is -4.76. The van der Waals surface area contributed by atoms with E-state index in [1.54, 1.807) is 11.8 Å². The Bertz CT molecular complexity index is 1070. The predicted molar refractivity (Wildman–Crippen MR) is 136 cm³/mol. The zero-order valence-electron chi connectivity index (χ0n) is 21.8. The Balaban J connectivity index is 1.48. The molecular formula is C27H35F3N4O5. The van der Waals surface area contributed by atoms with Gasteiger partial charge in [-0.15, -0.1) is 13.2 Å². The lowest BCUT2D eigenvalue weighted by molar-refractivity contribution is -0.336. The second kappa shape index (κ2) is 12.5. The maximum Gasteiger partial charge on any atom is 0.523 e. The summed E-state index contributed by atoms with van der Waals surface area (Å²) in [5.74, 6) is -1.94. The smallest absolute Gasteiger partial charge is 0.462 e. The van der Waals surface area contributed by atoms with Crippen molar-refractivity contribution in [1.82, 2.24) is 15.1 Å². The number of carbonyl (C=O) groups is 2. The number of hydrogen-bond acceptors (Lipinski definition) is 8. The number of amides is 1. The molecule has 2 saturated heterocycles. The van der Waals surface area contributed by atoms with E-state index in [9.17, 15) is 27.9 Å². The Hall–Kier alpha value is -2.96. The number of esters is 1. The van der Waals surface area contributed by atoms with Crippen LogP contribution in [0.15, 0.2) is 47.9 Å². The van der Waals surface area contributed by atoms with Crippen molar-refractivity contribution in [2.75, 3.05) is 19.7 Å². The van der Waals surface area contributed by atoms with Crippen molar-refractivity contribution in [1.29, 1.82) is 5.41 Å². The molecule has 39 heavy (non-hydrogen) atoms. The number of nitrogens with zero attached hydrogens (tertiary/aromatic N) is 2. The van der Waals surface area contributed by atoms with Crippen LogP contribution in [0.1, 0.15) is 45.4 Å². The predicted octanol–water partition coefficient (Wildman–Crippen LogP) is 3.14. The Morgan fingerprint density at radius 1 is 1.15 bits per heavy atom. The molecule has 0 spiro atoms. The lowest BCUT2D eigenvalue weighted by Gasteiger charge is -2.41. The van der Waals surface area contributed by atoms with Gasteiger partial charge >= 0.3 is 12.3 Å². The molecule has 0 aromatic heterocycles. The molecule has 1 amide bonds. The van der Waals surface area contributed by atoms with Gasteiger partial charge in [0.15, 0.2) is 0 Å². The van der Waals surface area contributed by atoms with Crippen molar-refractivity contribution in [3.8, 4) is 0 Å². The molecule has 2 fully saturated rings. The van der Waals surface area contributed by atoms with Gasteiger partial charge in [-0.1, -0.05) is 24.3 Å². The van der Waals surface area contributed by atoms with E-state index < -0.39 is 36.6 Å². The van der Waals surface area contributed by atoms with Crippen LogP contribution in [0.2, 0.25) is 0 Å². The van der Waals surface area contributed by atoms with Crippen molar-refractivity contribution in [3.05, 3.63) is 47.9 Å². The van der Waals surface area contributed by atoms with Crippen LogP contribution >= 0.6 is 0 Å². The number of alkyl halides is 3. The fourth-order valence-electron chi connectivity index (χ4n) is 5.49. The number of halogens is 3. The zero-order valence-corrected chi connectivity index (χ0v) is 21.8. The summed E-state index contributed by atoms with van der Waals surface area (Å²) in [7, 11) is 0. The number of likely N-dealkylation sites (tertiary alicyclic amines) is 2. The largest absolute Gasteiger partial charge is 0.523 e. The number of rotatable bonds is 8. The van der Waals surface area contributed by atoms with Crippen molar-refractivity contribution >= 4 is 17.6 Å². The van der Waals surface area contributed by atoms with Crippen LogP contribution in [-0.2, 0) is 19.1 Å². The van der Waals surface area contributed by atoms with Crippen molar-refractivity contribution in [2.45, 2.75) is 76.2 Å². The normalized spacial score (nSPS) is 30.0. The van der Waals surface area contributed by atoms with Gasteiger partial charge in [-0.3, -0.25) is 19.8 Å². The number of carbonyl (C=O) groups excluding carboxylic acids is 2. The Kier molecular flexibility index (Phi) is 9.29. The van der Waals surface area contributed by atoms with Gasteiger partial charge < -0.3 is 20.1 Å². The molecule has 0 aromatic carbocycles. The van der Waals surface area contributed by atoms with E-state index in [1.165, 1.54) is 18.2 Å². The van der Waals surface area contributed by atoms with Gasteiger partial charge in [-0.05, 0) is 57.6 Å². The maximum atomic E-state index is 13.7. The number of allylic oxidation sites excluding steroid dienone is 2. The average Bonchev–Trinajstić information content (AvgIpc) is 2.90. The van der Waals surface area contributed by atoms with Gasteiger partial charge in [-0.25, -0.2) is 4.79 Å². The number of piperidine rings is 2. The molecule has 9 nitrogen and oxygen atoms in total. The van der Waals surface area contributed by atoms with Gasteiger partial charge in [-0.2, -0.15) is 0 Å². The lowest BCUT2D eigenvalue weighted by Crippen LogP contribution is -2.57. The molecule has 3 N–H and O–H groups in total. The number of aliphatic hydroxyl groups excluding tert-OH is 1. The van der Waals surface area contributed by atoms with Crippen molar-refractivity contribution in [3.63, 3.8) is 0 Å². The molecule has 0 saturated carbocycles. The van der Waals surface area contributed by atoms with Gasteiger partial charge in [0.1, 0.15) is 18.0 Å². The summed E-state index contributed by atoms with van der Waals surface area (Å²) >= 11 is 0. The van der Waals surface area contributed by atoms with Crippen molar-refractivity contribution < 1.29 is 37.3 Å². The van der Waals surface area contributed by atoms with E-state index in [2.05, 4.69) is 15.0 Å².